The summed E-state index contributed by atoms with van der Waals surface area (Å²) in [6, 6.07) is 3.54. The Kier molecular flexibility index (Phi) is 8.04. The molecule has 0 aliphatic heterocycles. The molecule has 0 radical (unpaired) electrons. The quantitative estimate of drug-likeness (QED) is 0.489. The number of anilines is 1. The molecular formula is C20H27BrN2O5S. The highest BCUT2D eigenvalue weighted by atomic mass is 79.9. The van der Waals surface area contributed by atoms with Crippen LogP contribution in [0.2, 0.25) is 0 Å². The molecule has 0 spiro atoms. The SMILES string of the molecule is CCOC(=O)c1c(NC(C)=O)sc2c(OC[C@H](O)CNC(C)(C)C)c(Br)ccc12. The zero-order valence-electron chi connectivity index (χ0n) is 17.2. The fourth-order valence-electron chi connectivity index (χ4n) is 2.56. The van der Waals surface area contributed by atoms with Crippen LogP contribution < -0.4 is 15.4 Å². The van der Waals surface area contributed by atoms with Gasteiger partial charge in [-0.05, 0) is 49.7 Å². The summed E-state index contributed by atoms with van der Waals surface area (Å²) in [7, 11) is 0. The molecule has 0 unspecified atom stereocenters. The molecule has 9 heteroatoms. The summed E-state index contributed by atoms with van der Waals surface area (Å²) in [5.74, 6) is -0.290. The zero-order valence-corrected chi connectivity index (χ0v) is 19.6. The molecule has 0 fully saturated rings. The summed E-state index contributed by atoms with van der Waals surface area (Å²) in [5.41, 5.74) is 0.186. The first kappa shape index (κ1) is 23.6. The molecule has 160 valence electrons. The Labute approximate surface area is 182 Å². The van der Waals surface area contributed by atoms with Crippen LogP contribution in [0.3, 0.4) is 0 Å². The number of halogens is 1. The molecule has 1 atom stereocenters. The number of hydrogen-bond acceptors (Lipinski definition) is 7. The first-order chi connectivity index (χ1) is 13.5. The monoisotopic (exact) mass is 486 g/mol. The minimum absolute atomic E-state index is 0.0723. The zero-order chi connectivity index (χ0) is 21.8. The van der Waals surface area contributed by atoms with Gasteiger partial charge in [-0.15, -0.1) is 11.3 Å². The number of aliphatic hydroxyl groups is 1. The number of β-amino-alcohol motifs (C(OH)–C–C–N with tert-alkyl or cyclic N) is 1. The first-order valence-corrected chi connectivity index (χ1v) is 10.9. The van der Waals surface area contributed by atoms with Crippen LogP contribution in [0.15, 0.2) is 16.6 Å². The van der Waals surface area contributed by atoms with Gasteiger partial charge in [-0.2, -0.15) is 0 Å². The largest absolute Gasteiger partial charge is 0.488 e. The van der Waals surface area contributed by atoms with Crippen LogP contribution in [-0.2, 0) is 9.53 Å². The van der Waals surface area contributed by atoms with Crippen molar-refractivity contribution in [2.45, 2.75) is 46.3 Å². The van der Waals surface area contributed by atoms with E-state index >= 15 is 0 Å². The average molecular weight is 487 g/mol. The maximum atomic E-state index is 12.5. The molecule has 0 saturated carbocycles. The van der Waals surface area contributed by atoms with E-state index in [0.717, 1.165) is 0 Å². The molecule has 1 heterocycles. The Hall–Kier alpha value is -1.68. The van der Waals surface area contributed by atoms with Crippen LogP contribution in [-0.4, -0.2) is 48.4 Å². The van der Waals surface area contributed by atoms with Gasteiger partial charge in [-0.25, -0.2) is 4.79 Å². The third kappa shape index (κ3) is 6.40. The van der Waals surface area contributed by atoms with E-state index in [1.54, 1.807) is 19.1 Å². The molecule has 2 rings (SSSR count). The van der Waals surface area contributed by atoms with Crippen molar-refractivity contribution >= 4 is 54.2 Å². The Morgan fingerprint density at radius 1 is 1.31 bits per heavy atom. The molecule has 0 aliphatic carbocycles. The molecular weight excluding hydrogens is 460 g/mol. The van der Waals surface area contributed by atoms with E-state index in [2.05, 4.69) is 26.6 Å². The second-order valence-corrected chi connectivity index (χ2v) is 9.43. The predicted octanol–water partition coefficient (Wildman–Crippen LogP) is 3.93. The van der Waals surface area contributed by atoms with Crippen molar-refractivity contribution in [2.24, 2.45) is 0 Å². The highest BCUT2D eigenvalue weighted by Crippen LogP contribution is 2.44. The van der Waals surface area contributed by atoms with Crippen molar-refractivity contribution in [1.29, 1.82) is 0 Å². The van der Waals surface area contributed by atoms with E-state index in [1.165, 1.54) is 18.3 Å². The Balaban J connectivity index is 2.36. The van der Waals surface area contributed by atoms with Gasteiger partial charge in [0.1, 0.15) is 23.3 Å². The van der Waals surface area contributed by atoms with Crippen LogP contribution in [0.4, 0.5) is 5.00 Å². The third-order valence-electron chi connectivity index (χ3n) is 3.82. The lowest BCUT2D eigenvalue weighted by atomic mass is 10.1. The lowest BCUT2D eigenvalue weighted by Crippen LogP contribution is -2.42. The predicted molar refractivity (Wildman–Crippen MR) is 119 cm³/mol. The molecule has 1 amide bonds. The van der Waals surface area contributed by atoms with Gasteiger partial charge >= 0.3 is 5.97 Å². The number of thiophene rings is 1. The smallest absolute Gasteiger partial charge is 0.341 e. The highest BCUT2D eigenvalue weighted by Gasteiger charge is 2.24. The number of carbonyl (C=O) groups is 2. The molecule has 29 heavy (non-hydrogen) atoms. The standard InChI is InChI=1S/C20H27BrN2O5S/c1-6-27-19(26)15-13-7-8-14(21)16(17(13)29-18(15)23-11(2)24)28-10-12(25)9-22-20(3,4)5/h7-8,12,22,25H,6,9-10H2,1-5H3,(H,23,24)/t12-/m1/s1. The Bertz CT molecular complexity index is 891. The van der Waals surface area contributed by atoms with Crippen molar-refractivity contribution in [3.05, 3.63) is 22.2 Å². The normalized spacial score (nSPS) is 12.7. The fourth-order valence-corrected chi connectivity index (χ4v) is 4.37. The number of ether oxygens (including phenoxy) is 2. The number of benzene rings is 1. The fraction of sp³-hybridized carbons (Fsp3) is 0.500. The number of aliphatic hydroxyl groups excluding tert-OH is 1. The molecule has 3 N–H and O–H groups in total. The van der Waals surface area contributed by atoms with Gasteiger partial charge in [0.05, 0.1) is 15.8 Å². The van der Waals surface area contributed by atoms with Crippen LogP contribution in [0.1, 0.15) is 45.0 Å². The van der Waals surface area contributed by atoms with Crippen molar-refractivity contribution < 1.29 is 24.2 Å². The van der Waals surface area contributed by atoms with Crippen molar-refractivity contribution in [2.75, 3.05) is 25.1 Å². The molecule has 2 aromatic rings. The number of fused-ring (bicyclic) bond motifs is 1. The Morgan fingerprint density at radius 3 is 2.59 bits per heavy atom. The van der Waals surface area contributed by atoms with Gasteiger partial charge < -0.3 is 25.2 Å². The number of hydrogen-bond donors (Lipinski definition) is 3. The molecule has 0 saturated heterocycles. The summed E-state index contributed by atoms with van der Waals surface area (Å²) in [6.07, 6.45) is -0.712. The molecule has 0 aliphatic rings. The van der Waals surface area contributed by atoms with E-state index < -0.39 is 12.1 Å². The van der Waals surface area contributed by atoms with Crippen LogP contribution >= 0.6 is 27.3 Å². The van der Waals surface area contributed by atoms with Gasteiger partial charge in [0, 0.05) is 24.4 Å². The number of amides is 1. The van der Waals surface area contributed by atoms with E-state index in [4.69, 9.17) is 9.47 Å². The lowest BCUT2D eigenvalue weighted by Gasteiger charge is -2.23. The lowest BCUT2D eigenvalue weighted by molar-refractivity contribution is -0.114. The summed E-state index contributed by atoms with van der Waals surface area (Å²) < 4.78 is 12.4. The van der Waals surface area contributed by atoms with Gasteiger partial charge in [0.15, 0.2) is 5.75 Å². The first-order valence-electron chi connectivity index (χ1n) is 9.29. The minimum atomic E-state index is -0.712. The van der Waals surface area contributed by atoms with E-state index in [1.807, 2.05) is 20.8 Å². The van der Waals surface area contributed by atoms with Crippen LogP contribution in [0, 0.1) is 0 Å². The van der Waals surface area contributed by atoms with E-state index in [-0.39, 0.29) is 24.7 Å². The number of nitrogens with one attached hydrogen (secondary N) is 2. The highest BCUT2D eigenvalue weighted by molar-refractivity contribution is 9.10. The molecule has 0 bridgehead atoms. The molecule has 1 aromatic heterocycles. The van der Waals surface area contributed by atoms with Gasteiger partial charge in [-0.1, -0.05) is 6.07 Å². The average Bonchev–Trinajstić information content (AvgIpc) is 2.96. The van der Waals surface area contributed by atoms with E-state index in [0.29, 0.717) is 37.4 Å². The summed E-state index contributed by atoms with van der Waals surface area (Å²) >= 11 is 4.70. The topological polar surface area (TPSA) is 96.9 Å². The van der Waals surface area contributed by atoms with Gasteiger partial charge in [0.2, 0.25) is 5.91 Å². The molecule has 7 nitrogen and oxygen atoms in total. The van der Waals surface area contributed by atoms with Crippen LogP contribution in [0.5, 0.6) is 5.75 Å². The second kappa shape index (κ2) is 9.88. The van der Waals surface area contributed by atoms with Gasteiger partial charge in [-0.3, -0.25) is 4.79 Å². The molecule has 1 aromatic carbocycles. The van der Waals surface area contributed by atoms with Crippen molar-refractivity contribution in [3.8, 4) is 5.75 Å². The minimum Gasteiger partial charge on any atom is -0.488 e. The summed E-state index contributed by atoms with van der Waals surface area (Å²) in [5, 5.41) is 17.2. The third-order valence-corrected chi connectivity index (χ3v) is 5.57. The number of esters is 1. The maximum absolute atomic E-state index is 12.5. The number of carbonyl (C=O) groups excluding carboxylic acids is 2. The number of rotatable bonds is 8. The van der Waals surface area contributed by atoms with Crippen LogP contribution in [0.25, 0.3) is 10.1 Å². The van der Waals surface area contributed by atoms with Crippen molar-refractivity contribution in [3.63, 3.8) is 0 Å². The second-order valence-electron chi connectivity index (χ2n) is 7.56. The summed E-state index contributed by atoms with van der Waals surface area (Å²) in [4.78, 5) is 24.1. The maximum Gasteiger partial charge on any atom is 0.341 e. The Morgan fingerprint density at radius 2 is 2.00 bits per heavy atom. The van der Waals surface area contributed by atoms with E-state index in [9.17, 15) is 14.7 Å². The van der Waals surface area contributed by atoms with Gasteiger partial charge in [0.25, 0.3) is 0 Å². The van der Waals surface area contributed by atoms with Crippen molar-refractivity contribution in [1.82, 2.24) is 5.32 Å². The summed E-state index contributed by atoms with van der Waals surface area (Å²) in [6.45, 7) is 9.84.